The highest BCUT2D eigenvalue weighted by atomic mass is 35.5. The van der Waals surface area contributed by atoms with Gasteiger partial charge in [0.15, 0.2) is 0 Å². The number of phenolic OH excluding ortho intramolecular Hbond substituents is 1. The number of halogens is 2. The van der Waals surface area contributed by atoms with E-state index in [1.165, 1.54) is 17.7 Å². The number of benzene rings is 2. The first-order valence-electron chi connectivity index (χ1n) is 11.8. The summed E-state index contributed by atoms with van der Waals surface area (Å²) < 4.78 is 19.6. The number of piperidine rings is 1. The third-order valence-corrected chi connectivity index (χ3v) is 7.83. The minimum Gasteiger partial charge on any atom is -0.507 e. The molecule has 4 rings (SSSR count). The van der Waals surface area contributed by atoms with Crippen LogP contribution in [-0.4, -0.2) is 46.5 Å². The number of ether oxygens (including phenoxy) is 1. The number of nitrogens with zero attached hydrogens (tertiary/aromatic N) is 1. The summed E-state index contributed by atoms with van der Waals surface area (Å²) in [5, 5.41) is 21.6. The Hall–Kier alpha value is -1.82. The summed E-state index contributed by atoms with van der Waals surface area (Å²) in [6.07, 6.45) is 4.09. The summed E-state index contributed by atoms with van der Waals surface area (Å²) in [6, 6.07) is 6.84. The molecule has 0 bridgehead atoms. The molecule has 2 aromatic carbocycles. The average molecular weight is 478 g/mol. The van der Waals surface area contributed by atoms with E-state index in [1.54, 1.807) is 0 Å². The third-order valence-electron chi connectivity index (χ3n) is 7.83. The van der Waals surface area contributed by atoms with E-state index in [0.717, 1.165) is 73.2 Å². The van der Waals surface area contributed by atoms with Crippen LogP contribution in [-0.2, 0) is 12.8 Å². The Morgan fingerprint density at radius 3 is 2.36 bits per heavy atom. The van der Waals surface area contributed by atoms with Gasteiger partial charge in [0.05, 0.1) is 0 Å². The van der Waals surface area contributed by atoms with Gasteiger partial charge in [-0.05, 0) is 113 Å². The Morgan fingerprint density at radius 1 is 1.09 bits per heavy atom. The molecule has 2 unspecified atom stereocenters. The predicted molar refractivity (Wildman–Crippen MR) is 132 cm³/mol. The van der Waals surface area contributed by atoms with Crippen LogP contribution in [0.1, 0.15) is 54.0 Å². The van der Waals surface area contributed by atoms with Crippen LogP contribution in [0.15, 0.2) is 24.3 Å². The number of β-amino-alcohol motifs (C(OH)–C–C–N with tert-alkyl or cyclic N) is 1. The first kappa shape index (κ1) is 25.8. The molecule has 2 atom stereocenters. The van der Waals surface area contributed by atoms with E-state index in [1.807, 2.05) is 39.8 Å². The van der Waals surface area contributed by atoms with Gasteiger partial charge in [-0.15, -0.1) is 12.4 Å². The zero-order valence-corrected chi connectivity index (χ0v) is 21.0. The Labute approximate surface area is 203 Å². The molecule has 0 aliphatic carbocycles. The predicted octanol–water partition coefficient (Wildman–Crippen LogP) is 5.28. The molecule has 2 aromatic rings. The van der Waals surface area contributed by atoms with Crippen molar-refractivity contribution < 1.29 is 19.3 Å². The summed E-state index contributed by atoms with van der Waals surface area (Å²) in [5.41, 5.74) is 4.32. The number of hydrogen-bond acceptors (Lipinski definition) is 4. The van der Waals surface area contributed by atoms with Crippen molar-refractivity contribution in [1.29, 1.82) is 0 Å². The lowest BCUT2D eigenvalue weighted by Crippen LogP contribution is -2.53. The van der Waals surface area contributed by atoms with E-state index < -0.39 is 11.7 Å². The first-order chi connectivity index (χ1) is 15.2. The zero-order chi connectivity index (χ0) is 23.0. The van der Waals surface area contributed by atoms with Gasteiger partial charge in [0.1, 0.15) is 29.0 Å². The van der Waals surface area contributed by atoms with Crippen LogP contribution in [0.25, 0.3) is 0 Å². The van der Waals surface area contributed by atoms with E-state index >= 15 is 0 Å². The van der Waals surface area contributed by atoms with E-state index in [2.05, 4.69) is 4.90 Å². The highest BCUT2D eigenvalue weighted by Crippen LogP contribution is 2.44. The largest absolute Gasteiger partial charge is 0.507 e. The van der Waals surface area contributed by atoms with Crippen LogP contribution in [0.4, 0.5) is 4.39 Å². The molecule has 2 aliphatic heterocycles. The fraction of sp³-hybridized carbons (Fsp3) is 0.556. The Morgan fingerprint density at radius 2 is 1.73 bits per heavy atom. The van der Waals surface area contributed by atoms with Gasteiger partial charge in [-0.25, -0.2) is 4.39 Å². The molecule has 0 aromatic heterocycles. The molecule has 6 heteroatoms. The zero-order valence-electron chi connectivity index (χ0n) is 20.2. The van der Waals surface area contributed by atoms with Crippen LogP contribution in [0.5, 0.6) is 11.5 Å². The van der Waals surface area contributed by atoms with E-state index in [9.17, 15) is 14.6 Å². The molecule has 2 aliphatic rings. The molecule has 0 amide bonds. The molecule has 182 valence electrons. The summed E-state index contributed by atoms with van der Waals surface area (Å²) >= 11 is 0. The number of rotatable bonds is 5. The summed E-state index contributed by atoms with van der Waals surface area (Å²) in [5.74, 6) is 1.61. The van der Waals surface area contributed by atoms with E-state index in [4.69, 9.17) is 4.74 Å². The van der Waals surface area contributed by atoms with E-state index in [-0.39, 0.29) is 18.2 Å². The van der Waals surface area contributed by atoms with Crippen LogP contribution in [0.3, 0.4) is 0 Å². The minimum absolute atomic E-state index is 0. The van der Waals surface area contributed by atoms with Crippen molar-refractivity contribution in [2.24, 2.45) is 5.92 Å². The Balaban J connectivity index is 0.00000306. The van der Waals surface area contributed by atoms with Gasteiger partial charge in [-0.3, -0.25) is 0 Å². The summed E-state index contributed by atoms with van der Waals surface area (Å²) in [6.45, 7) is 10.4. The van der Waals surface area contributed by atoms with Gasteiger partial charge >= 0.3 is 0 Å². The first-order valence-corrected chi connectivity index (χ1v) is 11.8. The number of fused-ring (bicyclic) bond motifs is 1. The molecule has 1 saturated heterocycles. The molecule has 0 radical (unpaired) electrons. The van der Waals surface area contributed by atoms with Crippen molar-refractivity contribution in [2.45, 2.75) is 71.5 Å². The summed E-state index contributed by atoms with van der Waals surface area (Å²) in [4.78, 5) is 2.34. The van der Waals surface area contributed by atoms with Gasteiger partial charge < -0.3 is 19.8 Å². The van der Waals surface area contributed by atoms with Gasteiger partial charge in [0.2, 0.25) is 0 Å². The van der Waals surface area contributed by atoms with Gasteiger partial charge in [0.25, 0.3) is 0 Å². The standard InChI is InChI=1S/C27H36FNO3.ClH/c1-17-18(2)26-23(19(3)25(17)31)9-12-27(4,32-26)24(30)16-29-13-10-21(11-14-29)15-20-5-7-22(28)8-6-20;/h5-8,21,24,30-31H,9-16H2,1-4H3;1H. The summed E-state index contributed by atoms with van der Waals surface area (Å²) in [7, 11) is 0. The van der Waals surface area contributed by atoms with Crippen molar-refractivity contribution in [1.82, 2.24) is 4.90 Å². The maximum Gasteiger partial charge on any atom is 0.134 e. The highest BCUT2D eigenvalue weighted by molar-refractivity contribution is 5.85. The Kier molecular flexibility index (Phi) is 7.98. The smallest absolute Gasteiger partial charge is 0.134 e. The molecule has 2 N–H and O–H groups in total. The van der Waals surface area contributed by atoms with Crippen molar-refractivity contribution >= 4 is 12.4 Å². The second kappa shape index (κ2) is 10.2. The van der Waals surface area contributed by atoms with Crippen molar-refractivity contribution in [3.05, 3.63) is 57.9 Å². The van der Waals surface area contributed by atoms with Crippen molar-refractivity contribution in [2.75, 3.05) is 19.6 Å². The number of phenols is 1. The lowest BCUT2D eigenvalue weighted by molar-refractivity contribution is -0.0707. The normalized spacial score (nSPS) is 22.2. The van der Waals surface area contributed by atoms with E-state index in [0.29, 0.717) is 18.2 Å². The van der Waals surface area contributed by atoms with Crippen LogP contribution in [0.2, 0.25) is 0 Å². The Bertz CT molecular complexity index is 973. The molecule has 0 saturated carbocycles. The van der Waals surface area contributed by atoms with Crippen LogP contribution < -0.4 is 4.74 Å². The molecule has 0 spiro atoms. The van der Waals surface area contributed by atoms with Gasteiger partial charge in [-0.2, -0.15) is 0 Å². The SMILES string of the molecule is Cc1c(C)c2c(c(C)c1O)CCC(C)(C(O)CN1CCC(Cc3ccc(F)cc3)CC1)O2.Cl. The second-order valence-corrected chi connectivity index (χ2v) is 10.0. The maximum atomic E-state index is 13.1. The maximum absolute atomic E-state index is 13.1. The fourth-order valence-corrected chi connectivity index (χ4v) is 5.26. The molecule has 33 heavy (non-hydrogen) atoms. The van der Waals surface area contributed by atoms with Crippen LogP contribution >= 0.6 is 12.4 Å². The number of aromatic hydroxyl groups is 1. The average Bonchev–Trinajstić information content (AvgIpc) is 2.79. The fourth-order valence-electron chi connectivity index (χ4n) is 5.26. The topological polar surface area (TPSA) is 52.9 Å². The third kappa shape index (κ3) is 5.31. The number of aliphatic hydroxyl groups excluding tert-OH is 1. The number of hydrogen-bond donors (Lipinski definition) is 2. The van der Waals surface area contributed by atoms with Crippen LogP contribution in [0, 0.1) is 32.5 Å². The lowest BCUT2D eigenvalue weighted by atomic mass is 9.83. The van der Waals surface area contributed by atoms with Crippen molar-refractivity contribution in [3.8, 4) is 11.5 Å². The molecule has 4 nitrogen and oxygen atoms in total. The second-order valence-electron chi connectivity index (χ2n) is 10.0. The number of aliphatic hydroxyl groups is 1. The minimum atomic E-state index is -0.640. The molecular weight excluding hydrogens is 441 g/mol. The monoisotopic (exact) mass is 477 g/mol. The number of likely N-dealkylation sites (tertiary alicyclic amines) is 1. The van der Waals surface area contributed by atoms with Gasteiger partial charge in [0, 0.05) is 12.1 Å². The molecular formula is C27H37ClFNO3. The van der Waals surface area contributed by atoms with Crippen molar-refractivity contribution in [3.63, 3.8) is 0 Å². The highest BCUT2D eigenvalue weighted by Gasteiger charge is 2.41. The lowest BCUT2D eigenvalue weighted by Gasteiger charge is -2.43. The van der Waals surface area contributed by atoms with Gasteiger partial charge in [-0.1, -0.05) is 12.1 Å². The molecule has 2 heterocycles. The quantitative estimate of drug-likeness (QED) is 0.615. The molecule has 1 fully saturated rings.